The molecule has 22 heavy (non-hydrogen) atoms. The lowest BCUT2D eigenvalue weighted by atomic mass is 9.99. The van der Waals surface area contributed by atoms with Crippen LogP contribution < -0.4 is 5.32 Å². The summed E-state index contributed by atoms with van der Waals surface area (Å²) in [5.41, 5.74) is 0.477. The van der Waals surface area contributed by atoms with Gasteiger partial charge in [0.1, 0.15) is 0 Å². The van der Waals surface area contributed by atoms with Crippen molar-refractivity contribution in [2.75, 3.05) is 13.2 Å². The van der Waals surface area contributed by atoms with Crippen LogP contribution in [0.3, 0.4) is 0 Å². The zero-order chi connectivity index (χ0) is 15.6. The van der Waals surface area contributed by atoms with Crippen molar-refractivity contribution >= 4 is 21.5 Å². The maximum absolute atomic E-state index is 9.35. The average Bonchev–Trinajstić information content (AvgIpc) is 2.59. The Morgan fingerprint density at radius 3 is 2.23 bits per heavy atom. The van der Waals surface area contributed by atoms with E-state index >= 15 is 0 Å². The first-order valence-electron chi connectivity index (χ1n) is 7.52. The maximum atomic E-state index is 9.35. The van der Waals surface area contributed by atoms with Crippen molar-refractivity contribution in [1.82, 2.24) is 5.32 Å². The lowest BCUT2D eigenvalue weighted by Crippen LogP contribution is -2.48. The molecule has 3 aromatic carbocycles. The molecule has 0 amide bonds. The van der Waals surface area contributed by atoms with E-state index in [0.717, 1.165) is 5.56 Å². The molecule has 0 aliphatic carbocycles. The second-order valence-electron chi connectivity index (χ2n) is 6.07. The van der Waals surface area contributed by atoms with Crippen LogP contribution in [0.25, 0.3) is 21.5 Å². The van der Waals surface area contributed by atoms with Gasteiger partial charge in [-0.15, -0.1) is 0 Å². The third-order valence-electron chi connectivity index (χ3n) is 4.23. The molecule has 0 saturated carbocycles. The topological polar surface area (TPSA) is 52.5 Å². The number of aliphatic hydroxyl groups is 2. The molecule has 114 valence electrons. The van der Waals surface area contributed by atoms with E-state index < -0.39 is 5.54 Å². The van der Waals surface area contributed by atoms with Gasteiger partial charge in [-0.25, -0.2) is 0 Å². The van der Waals surface area contributed by atoms with Gasteiger partial charge in [0.05, 0.1) is 18.8 Å². The highest BCUT2D eigenvalue weighted by atomic mass is 16.3. The molecule has 3 N–H and O–H groups in total. The van der Waals surface area contributed by atoms with Gasteiger partial charge in [0.15, 0.2) is 0 Å². The van der Waals surface area contributed by atoms with Crippen molar-refractivity contribution in [2.45, 2.75) is 19.0 Å². The molecule has 0 fully saturated rings. The van der Waals surface area contributed by atoms with Gasteiger partial charge < -0.3 is 15.5 Å². The highest BCUT2D eigenvalue weighted by molar-refractivity contribution is 6.07. The largest absolute Gasteiger partial charge is 0.394 e. The monoisotopic (exact) mass is 295 g/mol. The molecule has 0 spiro atoms. The molecule has 0 atom stereocenters. The summed E-state index contributed by atoms with van der Waals surface area (Å²) in [5.74, 6) is 0. The number of benzene rings is 3. The Bertz CT molecular complexity index is 794. The molecular formula is C19H21NO2. The zero-order valence-corrected chi connectivity index (χ0v) is 12.7. The van der Waals surface area contributed by atoms with Gasteiger partial charge in [0.25, 0.3) is 0 Å². The fourth-order valence-electron chi connectivity index (χ4n) is 2.64. The lowest BCUT2D eigenvalue weighted by Gasteiger charge is -2.26. The Kier molecular flexibility index (Phi) is 4.12. The molecular weight excluding hydrogens is 274 g/mol. The predicted octanol–water partition coefficient (Wildman–Crippen LogP) is 2.83. The van der Waals surface area contributed by atoms with Gasteiger partial charge in [-0.1, -0.05) is 48.5 Å². The van der Waals surface area contributed by atoms with Crippen LogP contribution in [0, 0.1) is 0 Å². The van der Waals surface area contributed by atoms with Gasteiger partial charge in [0, 0.05) is 6.54 Å². The van der Waals surface area contributed by atoms with Gasteiger partial charge >= 0.3 is 0 Å². The number of fused-ring (bicyclic) bond motifs is 3. The Labute approximate surface area is 130 Å². The quantitative estimate of drug-likeness (QED) is 0.634. The zero-order valence-electron chi connectivity index (χ0n) is 12.7. The number of rotatable bonds is 5. The first-order valence-corrected chi connectivity index (χ1v) is 7.52. The summed E-state index contributed by atoms with van der Waals surface area (Å²) in [5, 5.41) is 26.9. The summed E-state index contributed by atoms with van der Waals surface area (Å²) < 4.78 is 0. The molecule has 3 rings (SSSR count). The van der Waals surface area contributed by atoms with Gasteiger partial charge in [-0.2, -0.15) is 0 Å². The molecule has 0 heterocycles. The first kappa shape index (κ1) is 15.0. The number of nitrogens with one attached hydrogen (secondary N) is 1. The van der Waals surface area contributed by atoms with E-state index in [0.29, 0.717) is 6.54 Å². The Morgan fingerprint density at radius 1 is 0.864 bits per heavy atom. The summed E-state index contributed by atoms with van der Waals surface area (Å²) in [6.45, 7) is 2.22. The summed E-state index contributed by atoms with van der Waals surface area (Å²) >= 11 is 0. The van der Waals surface area contributed by atoms with E-state index in [-0.39, 0.29) is 13.2 Å². The molecule has 0 bridgehead atoms. The normalized spacial score (nSPS) is 12.1. The summed E-state index contributed by atoms with van der Waals surface area (Å²) in [6.07, 6.45) is 0. The van der Waals surface area contributed by atoms with Crippen molar-refractivity contribution in [2.24, 2.45) is 0 Å². The van der Waals surface area contributed by atoms with Crippen molar-refractivity contribution in [3.63, 3.8) is 0 Å². The van der Waals surface area contributed by atoms with Gasteiger partial charge in [-0.3, -0.25) is 0 Å². The van der Waals surface area contributed by atoms with E-state index in [1.54, 1.807) is 0 Å². The number of hydrogen-bond donors (Lipinski definition) is 3. The van der Waals surface area contributed by atoms with Crippen LogP contribution >= 0.6 is 0 Å². The molecule has 0 aliphatic rings. The summed E-state index contributed by atoms with van der Waals surface area (Å²) in [6, 6.07) is 19.0. The van der Waals surface area contributed by atoms with Crippen LogP contribution in [0.1, 0.15) is 12.5 Å². The third kappa shape index (κ3) is 2.83. The SMILES string of the molecule is CC(CO)(CO)NCc1ccc2ccc3ccccc3c2c1. The van der Waals surface area contributed by atoms with Crippen molar-refractivity contribution in [3.05, 3.63) is 60.2 Å². The van der Waals surface area contributed by atoms with Crippen LogP contribution in [0.15, 0.2) is 54.6 Å². The van der Waals surface area contributed by atoms with E-state index in [1.165, 1.54) is 21.5 Å². The van der Waals surface area contributed by atoms with Crippen molar-refractivity contribution in [1.29, 1.82) is 0 Å². The van der Waals surface area contributed by atoms with Crippen LogP contribution in [0.5, 0.6) is 0 Å². The highest BCUT2D eigenvalue weighted by Gasteiger charge is 2.21. The molecule has 0 radical (unpaired) electrons. The molecule has 3 aromatic rings. The van der Waals surface area contributed by atoms with Gasteiger partial charge in [-0.05, 0) is 40.1 Å². The van der Waals surface area contributed by atoms with E-state index in [2.05, 4.69) is 53.8 Å². The van der Waals surface area contributed by atoms with Gasteiger partial charge in [0.2, 0.25) is 0 Å². The second kappa shape index (κ2) is 6.05. The fourth-order valence-corrected chi connectivity index (χ4v) is 2.64. The average molecular weight is 295 g/mol. The molecule has 0 saturated heterocycles. The smallest absolute Gasteiger partial charge is 0.0633 e. The molecule has 3 nitrogen and oxygen atoms in total. The van der Waals surface area contributed by atoms with Crippen LogP contribution in [0.4, 0.5) is 0 Å². The fraction of sp³-hybridized carbons (Fsp3) is 0.263. The number of hydrogen-bond acceptors (Lipinski definition) is 3. The predicted molar refractivity (Wildman–Crippen MR) is 90.9 cm³/mol. The minimum Gasteiger partial charge on any atom is -0.394 e. The van der Waals surface area contributed by atoms with Crippen molar-refractivity contribution in [3.8, 4) is 0 Å². The maximum Gasteiger partial charge on any atom is 0.0633 e. The Balaban J connectivity index is 1.97. The minimum absolute atomic E-state index is 0.0972. The van der Waals surface area contributed by atoms with E-state index in [1.807, 2.05) is 13.0 Å². The highest BCUT2D eigenvalue weighted by Crippen LogP contribution is 2.26. The van der Waals surface area contributed by atoms with E-state index in [9.17, 15) is 10.2 Å². The van der Waals surface area contributed by atoms with Crippen LogP contribution in [-0.4, -0.2) is 29.0 Å². The standard InChI is InChI=1S/C19H21NO2/c1-19(12-21,13-22)20-11-14-6-7-16-9-8-15-4-2-3-5-17(15)18(16)10-14/h2-10,20-22H,11-13H2,1H3. The Hall–Kier alpha value is -1.94. The molecule has 3 heteroatoms. The van der Waals surface area contributed by atoms with Crippen LogP contribution in [0.2, 0.25) is 0 Å². The minimum atomic E-state index is -0.659. The lowest BCUT2D eigenvalue weighted by molar-refractivity contribution is 0.103. The first-order chi connectivity index (χ1) is 10.6. The Morgan fingerprint density at radius 2 is 1.50 bits per heavy atom. The second-order valence-corrected chi connectivity index (χ2v) is 6.07. The molecule has 0 unspecified atom stereocenters. The summed E-state index contributed by atoms with van der Waals surface area (Å²) in [4.78, 5) is 0. The van der Waals surface area contributed by atoms with Crippen molar-refractivity contribution < 1.29 is 10.2 Å². The molecule has 0 aliphatic heterocycles. The third-order valence-corrected chi connectivity index (χ3v) is 4.23. The summed E-state index contributed by atoms with van der Waals surface area (Å²) in [7, 11) is 0. The van der Waals surface area contributed by atoms with E-state index in [4.69, 9.17) is 0 Å². The molecule has 0 aromatic heterocycles. The van der Waals surface area contributed by atoms with Crippen LogP contribution in [-0.2, 0) is 6.54 Å². The number of aliphatic hydroxyl groups excluding tert-OH is 2.